The van der Waals surface area contributed by atoms with Crippen molar-refractivity contribution in [1.82, 2.24) is 14.1 Å². The van der Waals surface area contributed by atoms with Gasteiger partial charge in [0.2, 0.25) is 10.0 Å². The number of aromatic nitrogens is 2. The number of hydrogen-bond donors (Lipinski definition) is 1. The van der Waals surface area contributed by atoms with E-state index in [2.05, 4.69) is 12.0 Å². The van der Waals surface area contributed by atoms with Crippen molar-refractivity contribution < 1.29 is 8.42 Å². The molecule has 1 aliphatic rings. The number of nitrogens with two attached hydrogens (primary N) is 1. The Hall–Kier alpha value is -0.730. The second-order valence-corrected chi connectivity index (χ2v) is 8.01. The molecule has 2 rings (SSSR count). The molecule has 0 aromatic carbocycles. The van der Waals surface area contributed by atoms with Gasteiger partial charge in [0.1, 0.15) is 4.90 Å². The maximum absolute atomic E-state index is 12.7. The van der Waals surface area contributed by atoms with Gasteiger partial charge in [-0.05, 0) is 13.8 Å². The minimum atomic E-state index is -3.55. The van der Waals surface area contributed by atoms with E-state index >= 15 is 0 Å². The van der Waals surface area contributed by atoms with Crippen molar-refractivity contribution in [2.24, 2.45) is 0 Å². The molecule has 6 nitrogen and oxygen atoms in total. The van der Waals surface area contributed by atoms with Gasteiger partial charge in [0.05, 0.1) is 0 Å². The Morgan fingerprint density at radius 3 is 2.79 bits per heavy atom. The van der Waals surface area contributed by atoms with Crippen LogP contribution in [0.4, 0.5) is 5.82 Å². The van der Waals surface area contributed by atoms with Crippen LogP contribution in [0, 0.1) is 0 Å². The normalized spacial score (nSPS) is 25.6. The summed E-state index contributed by atoms with van der Waals surface area (Å²) >= 11 is 1.80. The number of sulfonamides is 1. The van der Waals surface area contributed by atoms with Crippen LogP contribution in [0.2, 0.25) is 0 Å². The molecule has 1 aromatic heterocycles. The van der Waals surface area contributed by atoms with E-state index in [0.29, 0.717) is 13.1 Å². The summed E-state index contributed by atoms with van der Waals surface area (Å²) in [6.07, 6.45) is 1.52. The molecule has 2 atom stereocenters. The van der Waals surface area contributed by atoms with Gasteiger partial charge in [-0.15, -0.1) is 0 Å². The summed E-state index contributed by atoms with van der Waals surface area (Å²) in [6.45, 7) is 7.01. The fraction of sp³-hybridized carbons (Fsp3) is 0.727. The van der Waals surface area contributed by atoms with Crippen molar-refractivity contribution in [3.05, 3.63) is 6.20 Å². The molecule has 0 spiro atoms. The largest absolute Gasteiger partial charge is 0.381 e. The monoisotopic (exact) mass is 304 g/mol. The third kappa shape index (κ3) is 2.61. The standard InChI is InChI=1S/C11H20N4O2S2/c1-4-14-7-10(11(12)13-14)19(16,17)15-5-6-18-9(3)8(15)2/h7-9H,4-6H2,1-3H3,(H2,12,13). The molecule has 19 heavy (non-hydrogen) atoms. The van der Waals surface area contributed by atoms with Crippen LogP contribution in [0.3, 0.4) is 0 Å². The van der Waals surface area contributed by atoms with Crippen LogP contribution in [0.1, 0.15) is 20.8 Å². The first-order valence-corrected chi connectivity index (χ1v) is 8.83. The van der Waals surface area contributed by atoms with Crippen LogP contribution in [0.15, 0.2) is 11.1 Å². The van der Waals surface area contributed by atoms with E-state index in [1.165, 1.54) is 6.20 Å². The van der Waals surface area contributed by atoms with E-state index in [1.807, 2.05) is 13.8 Å². The molecule has 0 bridgehead atoms. The van der Waals surface area contributed by atoms with Crippen LogP contribution in [0.5, 0.6) is 0 Å². The summed E-state index contributed by atoms with van der Waals surface area (Å²) in [5.74, 6) is 0.895. The Bertz CT molecular complexity index is 555. The first-order chi connectivity index (χ1) is 8.87. The zero-order chi connectivity index (χ0) is 14.2. The van der Waals surface area contributed by atoms with Gasteiger partial charge in [0, 0.05) is 36.3 Å². The molecule has 0 amide bonds. The second kappa shape index (κ2) is 5.34. The highest BCUT2D eigenvalue weighted by Crippen LogP contribution is 2.30. The first-order valence-electron chi connectivity index (χ1n) is 6.34. The number of nitrogen functional groups attached to an aromatic ring is 1. The van der Waals surface area contributed by atoms with E-state index in [4.69, 9.17) is 5.73 Å². The van der Waals surface area contributed by atoms with Crippen molar-refractivity contribution in [3.8, 4) is 0 Å². The van der Waals surface area contributed by atoms with Gasteiger partial charge in [0.25, 0.3) is 0 Å². The zero-order valence-electron chi connectivity index (χ0n) is 11.4. The fourth-order valence-electron chi connectivity index (χ4n) is 2.15. The Balaban J connectivity index is 2.38. The number of hydrogen-bond acceptors (Lipinski definition) is 5. The summed E-state index contributed by atoms with van der Waals surface area (Å²) in [4.78, 5) is 0.125. The first kappa shape index (κ1) is 14.7. The number of aryl methyl sites for hydroxylation is 1. The summed E-state index contributed by atoms with van der Waals surface area (Å²) < 4.78 is 28.4. The fourth-order valence-corrected chi connectivity index (χ4v) is 5.21. The minimum Gasteiger partial charge on any atom is -0.381 e. The van der Waals surface area contributed by atoms with Crippen LogP contribution in [-0.4, -0.2) is 46.1 Å². The van der Waals surface area contributed by atoms with Crippen molar-refractivity contribution >= 4 is 27.6 Å². The van der Waals surface area contributed by atoms with Crippen LogP contribution in [0.25, 0.3) is 0 Å². The Labute approximate surface area is 118 Å². The van der Waals surface area contributed by atoms with Gasteiger partial charge in [-0.3, -0.25) is 4.68 Å². The molecule has 8 heteroatoms. The molecule has 0 aliphatic carbocycles. The Morgan fingerprint density at radius 1 is 1.53 bits per heavy atom. The lowest BCUT2D eigenvalue weighted by molar-refractivity contribution is 0.340. The average molecular weight is 304 g/mol. The molecule has 2 heterocycles. The molecule has 1 saturated heterocycles. The number of rotatable bonds is 3. The molecule has 2 unspecified atom stereocenters. The summed E-state index contributed by atoms with van der Waals surface area (Å²) in [5, 5.41) is 4.30. The predicted octanol–water partition coefficient (Wildman–Crippen LogP) is 1.000. The molecule has 1 aromatic rings. The highest BCUT2D eigenvalue weighted by molar-refractivity contribution is 8.00. The number of thioether (sulfide) groups is 1. The van der Waals surface area contributed by atoms with E-state index in [0.717, 1.165) is 5.75 Å². The van der Waals surface area contributed by atoms with Crippen LogP contribution < -0.4 is 5.73 Å². The lowest BCUT2D eigenvalue weighted by atomic mass is 10.2. The molecule has 108 valence electrons. The zero-order valence-corrected chi connectivity index (χ0v) is 13.0. The van der Waals surface area contributed by atoms with Crippen LogP contribution >= 0.6 is 11.8 Å². The third-order valence-electron chi connectivity index (χ3n) is 3.49. The second-order valence-electron chi connectivity index (χ2n) is 4.67. The van der Waals surface area contributed by atoms with E-state index in [1.54, 1.807) is 20.7 Å². The van der Waals surface area contributed by atoms with Crippen molar-refractivity contribution in [3.63, 3.8) is 0 Å². The van der Waals surface area contributed by atoms with E-state index in [9.17, 15) is 8.42 Å². The molecular weight excluding hydrogens is 284 g/mol. The minimum absolute atomic E-state index is 0.0341. The summed E-state index contributed by atoms with van der Waals surface area (Å²) in [7, 11) is -3.55. The van der Waals surface area contributed by atoms with Gasteiger partial charge in [-0.2, -0.15) is 21.2 Å². The molecule has 2 N–H and O–H groups in total. The summed E-state index contributed by atoms with van der Waals surface area (Å²) in [6, 6.07) is -0.0341. The highest BCUT2D eigenvalue weighted by atomic mass is 32.2. The smallest absolute Gasteiger partial charge is 0.248 e. The van der Waals surface area contributed by atoms with E-state index in [-0.39, 0.29) is 22.0 Å². The Kier molecular flexibility index (Phi) is 4.12. The SMILES string of the molecule is CCn1cc(S(=O)(=O)N2CCSC(C)C2C)c(N)n1. The molecule has 1 fully saturated rings. The number of anilines is 1. The lowest BCUT2D eigenvalue weighted by Crippen LogP contribution is -2.47. The predicted molar refractivity (Wildman–Crippen MR) is 77.6 cm³/mol. The maximum Gasteiger partial charge on any atom is 0.248 e. The Morgan fingerprint density at radius 2 is 2.21 bits per heavy atom. The van der Waals surface area contributed by atoms with Gasteiger partial charge >= 0.3 is 0 Å². The summed E-state index contributed by atoms with van der Waals surface area (Å²) in [5.41, 5.74) is 5.75. The van der Waals surface area contributed by atoms with Crippen molar-refractivity contribution in [1.29, 1.82) is 0 Å². The van der Waals surface area contributed by atoms with E-state index < -0.39 is 10.0 Å². The van der Waals surface area contributed by atoms with Crippen molar-refractivity contribution in [2.45, 2.75) is 43.5 Å². The number of nitrogens with zero attached hydrogens (tertiary/aromatic N) is 3. The van der Waals surface area contributed by atoms with Gasteiger partial charge in [0.15, 0.2) is 5.82 Å². The third-order valence-corrected chi connectivity index (χ3v) is 6.83. The van der Waals surface area contributed by atoms with Gasteiger partial charge in [-0.1, -0.05) is 6.92 Å². The maximum atomic E-state index is 12.7. The topological polar surface area (TPSA) is 81.2 Å². The van der Waals surface area contributed by atoms with Crippen molar-refractivity contribution in [2.75, 3.05) is 18.0 Å². The lowest BCUT2D eigenvalue weighted by Gasteiger charge is -2.36. The average Bonchev–Trinajstić information content (AvgIpc) is 2.74. The molecular formula is C11H20N4O2S2. The van der Waals surface area contributed by atoms with Gasteiger partial charge < -0.3 is 5.73 Å². The quantitative estimate of drug-likeness (QED) is 0.901. The van der Waals surface area contributed by atoms with Crippen LogP contribution in [-0.2, 0) is 16.6 Å². The molecule has 0 saturated carbocycles. The molecule has 0 radical (unpaired) electrons. The highest BCUT2D eigenvalue weighted by Gasteiger charge is 2.36. The molecule has 1 aliphatic heterocycles. The van der Waals surface area contributed by atoms with Gasteiger partial charge in [-0.25, -0.2) is 8.42 Å².